The first-order chi connectivity index (χ1) is 15.9. The number of nitrogens with two attached hydrogens (primary N) is 1. The molecule has 0 saturated carbocycles. The summed E-state index contributed by atoms with van der Waals surface area (Å²) in [4.78, 5) is 6.67. The van der Waals surface area contributed by atoms with Crippen LogP contribution in [0.2, 0.25) is 0 Å². The van der Waals surface area contributed by atoms with Gasteiger partial charge in [0, 0.05) is 50.5 Å². The molecule has 2 heterocycles. The van der Waals surface area contributed by atoms with Crippen molar-refractivity contribution >= 4 is 34.9 Å². The van der Waals surface area contributed by atoms with Crippen molar-refractivity contribution in [2.24, 2.45) is 10.8 Å². The van der Waals surface area contributed by atoms with Crippen LogP contribution >= 0.6 is 12.2 Å². The molecule has 9 heteroatoms. The lowest BCUT2D eigenvalue weighted by Gasteiger charge is -2.37. The van der Waals surface area contributed by atoms with Gasteiger partial charge < -0.3 is 20.4 Å². The van der Waals surface area contributed by atoms with E-state index in [0.717, 1.165) is 63.4 Å². The first kappa shape index (κ1) is 23.4. The van der Waals surface area contributed by atoms with Crippen LogP contribution in [0.25, 0.3) is 0 Å². The van der Waals surface area contributed by atoms with Crippen LogP contribution in [0.3, 0.4) is 0 Å². The summed E-state index contributed by atoms with van der Waals surface area (Å²) in [5, 5.41) is 4.12. The van der Waals surface area contributed by atoms with E-state index in [4.69, 9.17) is 18.0 Å². The highest BCUT2D eigenvalue weighted by Crippen LogP contribution is 2.35. The fraction of sp³-hybridized carbons (Fsp3) is 0.417. The number of nitrogens with one attached hydrogen (secondary N) is 1. The number of thiocarbonyl (C=S) groups is 1. The number of piperazine rings is 1. The maximum absolute atomic E-state index is 15.3. The molecule has 0 aliphatic carbocycles. The Morgan fingerprint density at radius 1 is 1.00 bits per heavy atom. The van der Waals surface area contributed by atoms with E-state index in [1.807, 2.05) is 18.2 Å². The zero-order valence-electron chi connectivity index (χ0n) is 18.8. The van der Waals surface area contributed by atoms with Gasteiger partial charge in [-0.15, -0.1) is 0 Å². The molecular weight excluding hydrogens is 442 g/mol. The lowest BCUT2D eigenvalue weighted by atomic mass is 9.89. The molecule has 0 unspecified atom stereocenters. The summed E-state index contributed by atoms with van der Waals surface area (Å²) < 4.78 is 28.5. The predicted octanol–water partition coefficient (Wildman–Crippen LogP) is 3.27. The van der Waals surface area contributed by atoms with Crippen molar-refractivity contribution in [3.63, 3.8) is 0 Å². The van der Waals surface area contributed by atoms with E-state index in [-0.39, 0.29) is 16.7 Å². The van der Waals surface area contributed by atoms with Gasteiger partial charge in [0.15, 0.2) is 5.11 Å². The van der Waals surface area contributed by atoms with Crippen LogP contribution < -0.4 is 21.0 Å². The van der Waals surface area contributed by atoms with E-state index < -0.39 is 0 Å². The van der Waals surface area contributed by atoms with Crippen LogP contribution in [-0.4, -0.2) is 62.5 Å². The number of piperidine rings is 1. The van der Waals surface area contributed by atoms with Gasteiger partial charge in [0.2, 0.25) is 0 Å². The quantitative estimate of drug-likeness (QED) is 0.396. The van der Waals surface area contributed by atoms with Crippen LogP contribution in [0.4, 0.5) is 20.2 Å². The molecule has 3 N–H and O–H groups in total. The van der Waals surface area contributed by atoms with Crippen molar-refractivity contribution in [3.05, 3.63) is 59.2 Å². The average Bonchev–Trinajstić information content (AvgIpc) is 2.80. The van der Waals surface area contributed by atoms with Gasteiger partial charge in [-0.2, -0.15) is 5.10 Å². The van der Waals surface area contributed by atoms with Crippen molar-refractivity contribution in [1.82, 2.24) is 10.3 Å². The molecule has 2 saturated heterocycles. The van der Waals surface area contributed by atoms with Crippen molar-refractivity contribution in [2.75, 3.05) is 56.1 Å². The molecule has 6 nitrogen and oxygen atoms in total. The van der Waals surface area contributed by atoms with Gasteiger partial charge in [-0.3, -0.25) is 5.43 Å². The number of benzene rings is 2. The minimum atomic E-state index is -0.273. The van der Waals surface area contributed by atoms with Crippen LogP contribution in [0.5, 0.6) is 0 Å². The van der Waals surface area contributed by atoms with Crippen LogP contribution in [0, 0.1) is 11.6 Å². The molecule has 4 rings (SSSR count). The highest BCUT2D eigenvalue weighted by Gasteiger charge is 2.25. The number of hydrogen-bond donors (Lipinski definition) is 2. The van der Waals surface area contributed by atoms with Crippen molar-refractivity contribution in [1.29, 1.82) is 0 Å². The normalized spacial score (nSPS) is 18.2. The summed E-state index contributed by atoms with van der Waals surface area (Å²) >= 11 is 4.80. The number of halogens is 2. The summed E-state index contributed by atoms with van der Waals surface area (Å²) in [5.74, 6) is -0.133. The Morgan fingerprint density at radius 2 is 1.64 bits per heavy atom. The van der Waals surface area contributed by atoms with Gasteiger partial charge in [0.25, 0.3) is 0 Å². The number of rotatable bonds is 5. The van der Waals surface area contributed by atoms with Crippen LogP contribution in [-0.2, 0) is 0 Å². The fourth-order valence-electron chi connectivity index (χ4n) is 4.59. The van der Waals surface area contributed by atoms with E-state index in [9.17, 15) is 4.39 Å². The van der Waals surface area contributed by atoms with Crippen LogP contribution in [0.1, 0.15) is 29.9 Å². The second-order valence-corrected chi connectivity index (χ2v) is 9.14. The number of nitrogens with zero attached hydrogens (tertiary/aromatic N) is 4. The van der Waals surface area contributed by atoms with Gasteiger partial charge in [-0.1, -0.05) is 12.1 Å². The highest BCUT2D eigenvalue weighted by atomic mass is 32.1. The minimum absolute atomic E-state index is 0.0634. The Kier molecular flexibility index (Phi) is 7.39. The third-order valence-electron chi connectivity index (χ3n) is 6.50. The molecule has 0 spiro atoms. The number of hydrazone groups is 1. The summed E-state index contributed by atoms with van der Waals surface area (Å²) in [6.07, 6.45) is 3.37. The third kappa shape index (κ3) is 5.78. The summed E-state index contributed by atoms with van der Waals surface area (Å²) in [7, 11) is 2.10. The smallest absolute Gasteiger partial charge is 0.184 e. The first-order valence-electron chi connectivity index (χ1n) is 11.3. The standard InChI is InChI=1S/C24H30F2N6S/c1-30-10-12-32(13-11-30)22-15-23(21(26)14-19(22)16-28-29-24(27)33)31-8-6-18(7-9-31)17-2-4-20(25)5-3-17/h2-5,14-16,18H,6-13H2,1H3,(H3,27,29,33). The Morgan fingerprint density at radius 3 is 2.27 bits per heavy atom. The Bertz CT molecular complexity index is 997. The van der Waals surface area contributed by atoms with Gasteiger partial charge in [0.05, 0.1) is 11.9 Å². The largest absolute Gasteiger partial charge is 0.375 e. The first-order valence-corrected chi connectivity index (χ1v) is 11.7. The summed E-state index contributed by atoms with van der Waals surface area (Å²) in [5.41, 5.74) is 11.4. The monoisotopic (exact) mass is 472 g/mol. The van der Waals surface area contributed by atoms with Crippen molar-refractivity contribution < 1.29 is 8.78 Å². The maximum atomic E-state index is 15.3. The van der Waals surface area contributed by atoms with Gasteiger partial charge in [-0.25, -0.2) is 8.78 Å². The molecule has 33 heavy (non-hydrogen) atoms. The lowest BCUT2D eigenvalue weighted by Crippen LogP contribution is -2.45. The van der Waals surface area contributed by atoms with Crippen LogP contribution in [0.15, 0.2) is 41.5 Å². The molecule has 0 radical (unpaired) electrons. The second kappa shape index (κ2) is 10.4. The Balaban J connectivity index is 1.55. The molecule has 2 aliphatic rings. The van der Waals surface area contributed by atoms with Crippen molar-refractivity contribution in [3.8, 4) is 0 Å². The third-order valence-corrected chi connectivity index (χ3v) is 6.59. The molecule has 2 aromatic carbocycles. The topological polar surface area (TPSA) is 60.1 Å². The Hall–Kier alpha value is -2.78. The zero-order valence-corrected chi connectivity index (χ0v) is 19.6. The molecule has 2 fully saturated rings. The molecular formula is C24H30F2N6S. The predicted molar refractivity (Wildman–Crippen MR) is 134 cm³/mol. The SMILES string of the molecule is CN1CCN(c2cc(N3CCC(c4ccc(F)cc4)CC3)c(F)cc2C=NNC(N)=S)CC1. The molecule has 176 valence electrons. The molecule has 0 amide bonds. The fourth-order valence-corrected chi connectivity index (χ4v) is 4.64. The molecule has 0 bridgehead atoms. The molecule has 0 aromatic heterocycles. The van der Waals surface area contributed by atoms with Gasteiger partial charge in [0.1, 0.15) is 11.6 Å². The molecule has 0 atom stereocenters. The Labute approximate surface area is 199 Å². The van der Waals surface area contributed by atoms with E-state index in [1.165, 1.54) is 12.1 Å². The lowest BCUT2D eigenvalue weighted by molar-refractivity contribution is 0.313. The maximum Gasteiger partial charge on any atom is 0.184 e. The second-order valence-electron chi connectivity index (χ2n) is 8.70. The molecule has 2 aliphatic heterocycles. The number of hydrogen-bond acceptors (Lipinski definition) is 5. The van der Waals surface area contributed by atoms with Gasteiger partial charge in [-0.05, 0) is 67.9 Å². The number of anilines is 2. The van der Waals surface area contributed by atoms with E-state index >= 15 is 4.39 Å². The summed E-state index contributed by atoms with van der Waals surface area (Å²) in [6.45, 7) is 5.10. The minimum Gasteiger partial charge on any atom is -0.375 e. The zero-order chi connectivity index (χ0) is 23.4. The highest BCUT2D eigenvalue weighted by molar-refractivity contribution is 7.80. The van der Waals surface area contributed by atoms with Gasteiger partial charge >= 0.3 is 0 Å². The summed E-state index contributed by atoms with van der Waals surface area (Å²) in [6, 6.07) is 10.2. The van der Waals surface area contributed by atoms with E-state index in [0.29, 0.717) is 17.2 Å². The molecule has 2 aromatic rings. The average molecular weight is 473 g/mol. The van der Waals surface area contributed by atoms with Crippen molar-refractivity contribution in [2.45, 2.75) is 18.8 Å². The number of likely N-dealkylation sites (N-methyl/N-ethyl adjacent to an activating group) is 1. The van der Waals surface area contributed by atoms with E-state index in [1.54, 1.807) is 12.3 Å². The van der Waals surface area contributed by atoms with E-state index in [2.05, 4.69) is 32.3 Å².